The Hall–Kier alpha value is -2.87. The maximum absolute atomic E-state index is 12.5. The van der Waals surface area contributed by atoms with E-state index >= 15 is 0 Å². The number of anilines is 1. The van der Waals surface area contributed by atoms with Gasteiger partial charge in [-0.2, -0.15) is 0 Å². The molecule has 0 aromatic heterocycles. The molecule has 7 nitrogen and oxygen atoms in total. The molecule has 3 rings (SSSR count). The Balaban J connectivity index is 1.69. The molecule has 1 aliphatic heterocycles. The van der Waals surface area contributed by atoms with Crippen molar-refractivity contribution in [2.24, 2.45) is 0 Å². The molecule has 2 aromatic carbocycles. The minimum absolute atomic E-state index is 0.0270. The van der Waals surface area contributed by atoms with Crippen molar-refractivity contribution in [1.82, 2.24) is 5.32 Å². The molecule has 0 bridgehead atoms. The lowest BCUT2D eigenvalue weighted by atomic mass is 10.1. The van der Waals surface area contributed by atoms with Crippen molar-refractivity contribution in [3.05, 3.63) is 42.0 Å². The van der Waals surface area contributed by atoms with Crippen LogP contribution in [0.5, 0.6) is 17.2 Å². The summed E-state index contributed by atoms with van der Waals surface area (Å²) in [5.41, 5.74) is 1.57. The minimum atomic E-state index is -0.246. The highest BCUT2D eigenvalue weighted by Gasteiger charge is 2.26. The third-order valence-electron chi connectivity index (χ3n) is 4.32. The van der Waals surface area contributed by atoms with E-state index in [0.29, 0.717) is 23.0 Å². The van der Waals surface area contributed by atoms with Crippen molar-refractivity contribution in [1.29, 1.82) is 0 Å². The first-order valence-corrected chi connectivity index (χ1v) is 9.63. The van der Waals surface area contributed by atoms with Crippen LogP contribution in [0.1, 0.15) is 5.56 Å². The number of amides is 2. The molecular weight excluding hydrogens is 380 g/mol. The van der Waals surface area contributed by atoms with Gasteiger partial charge in [-0.1, -0.05) is 12.1 Å². The molecule has 0 aliphatic carbocycles. The Labute approximate surface area is 167 Å². The number of carbonyl (C=O) groups excluding carboxylic acids is 2. The average molecular weight is 402 g/mol. The molecule has 28 heavy (non-hydrogen) atoms. The summed E-state index contributed by atoms with van der Waals surface area (Å²) in [6, 6.07) is 11.1. The first kappa shape index (κ1) is 19.9. The van der Waals surface area contributed by atoms with Crippen LogP contribution in [0.15, 0.2) is 41.3 Å². The fraction of sp³-hybridized carbons (Fsp3) is 0.300. The molecule has 148 valence electrons. The summed E-state index contributed by atoms with van der Waals surface area (Å²) in [5, 5.41) is 2.85. The number of nitrogens with one attached hydrogen (secondary N) is 1. The number of fused-ring (bicyclic) bond motifs is 1. The number of thioether (sulfide) groups is 1. The molecule has 0 saturated carbocycles. The van der Waals surface area contributed by atoms with Crippen molar-refractivity contribution in [3.8, 4) is 17.2 Å². The van der Waals surface area contributed by atoms with Gasteiger partial charge in [-0.3, -0.25) is 9.59 Å². The van der Waals surface area contributed by atoms with Crippen molar-refractivity contribution in [3.63, 3.8) is 0 Å². The van der Waals surface area contributed by atoms with Crippen molar-refractivity contribution in [2.45, 2.75) is 11.4 Å². The van der Waals surface area contributed by atoms with E-state index in [4.69, 9.17) is 14.2 Å². The smallest absolute Gasteiger partial charge is 0.240 e. The van der Waals surface area contributed by atoms with Gasteiger partial charge in [0, 0.05) is 11.4 Å². The van der Waals surface area contributed by atoms with Crippen LogP contribution in [-0.2, 0) is 16.1 Å². The van der Waals surface area contributed by atoms with Crippen molar-refractivity contribution in [2.75, 3.05) is 38.5 Å². The Kier molecular flexibility index (Phi) is 6.30. The fourth-order valence-electron chi connectivity index (χ4n) is 2.96. The van der Waals surface area contributed by atoms with Gasteiger partial charge in [0.2, 0.25) is 17.6 Å². The lowest BCUT2D eigenvalue weighted by Gasteiger charge is -2.28. The molecule has 0 atom stereocenters. The van der Waals surface area contributed by atoms with Gasteiger partial charge in [-0.15, -0.1) is 11.8 Å². The van der Waals surface area contributed by atoms with Crippen LogP contribution in [0.25, 0.3) is 0 Å². The number of methoxy groups -OCH3 is 3. The highest BCUT2D eigenvalue weighted by molar-refractivity contribution is 8.00. The quantitative estimate of drug-likeness (QED) is 0.767. The lowest BCUT2D eigenvalue weighted by molar-refractivity contribution is -0.123. The zero-order chi connectivity index (χ0) is 20.1. The molecule has 0 unspecified atom stereocenters. The Morgan fingerprint density at radius 2 is 1.79 bits per heavy atom. The van der Waals surface area contributed by atoms with Gasteiger partial charge in [0.1, 0.15) is 6.54 Å². The fourth-order valence-corrected chi connectivity index (χ4v) is 3.90. The molecule has 1 heterocycles. The van der Waals surface area contributed by atoms with Gasteiger partial charge in [0.25, 0.3) is 0 Å². The van der Waals surface area contributed by atoms with Gasteiger partial charge in [-0.05, 0) is 29.8 Å². The number of hydrogen-bond donors (Lipinski definition) is 1. The Morgan fingerprint density at radius 1 is 1.11 bits per heavy atom. The molecule has 2 aromatic rings. The van der Waals surface area contributed by atoms with Gasteiger partial charge in [-0.25, -0.2) is 0 Å². The second kappa shape index (κ2) is 8.88. The highest BCUT2D eigenvalue weighted by Crippen LogP contribution is 2.38. The van der Waals surface area contributed by atoms with Crippen LogP contribution in [0.3, 0.4) is 0 Å². The number of ether oxygens (including phenoxy) is 3. The lowest BCUT2D eigenvalue weighted by Crippen LogP contribution is -2.43. The SMILES string of the molecule is COc1cc(CNC(=O)CN2C(=O)CSc3ccccc32)cc(OC)c1OC. The van der Waals surface area contributed by atoms with E-state index in [2.05, 4.69) is 5.32 Å². The summed E-state index contributed by atoms with van der Waals surface area (Å²) in [6.07, 6.45) is 0. The van der Waals surface area contributed by atoms with E-state index in [1.807, 2.05) is 24.3 Å². The second-order valence-electron chi connectivity index (χ2n) is 6.05. The zero-order valence-corrected chi connectivity index (χ0v) is 16.8. The molecule has 0 fully saturated rings. The number of para-hydroxylation sites is 1. The van der Waals surface area contributed by atoms with Crippen molar-refractivity contribution < 1.29 is 23.8 Å². The van der Waals surface area contributed by atoms with Crippen LogP contribution in [-0.4, -0.2) is 45.4 Å². The topological polar surface area (TPSA) is 77.1 Å². The molecule has 1 aliphatic rings. The Morgan fingerprint density at radius 3 is 2.43 bits per heavy atom. The molecule has 2 amide bonds. The predicted octanol–water partition coefficient (Wildman–Crippen LogP) is 2.47. The van der Waals surface area contributed by atoms with E-state index in [9.17, 15) is 9.59 Å². The van der Waals surface area contributed by atoms with Crippen LogP contribution in [0.2, 0.25) is 0 Å². The summed E-state index contributed by atoms with van der Waals surface area (Å²) in [7, 11) is 4.61. The number of nitrogens with zero attached hydrogens (tertiary/aromatic N) is 1. The molecule has 0 spiro atoms. The largest absolute Gasteiger partial charge is 0.493 e. The van der Waals surface area contributed by atoms with E-state index in [1.54, 1.807) is 12.1 Å². The van der Waals surface area contributed by atoms with Crippen molar-refractivity contribution >= 4 is 29.3 Å². The third kappa shape index (κ3) is 4.17. The maximum atomic E-state index is 12.5. The van der Waals surface area contributed by atoms with Gasteiger partial charge in [0.15, 0.2) is 11.5 Å². The average Bonchev–Trinajstić information content (AvgIpc) is 2.73. The first-order valence-electron chi connectivity index (χ1n) is 8.65. The van der Waals surface area contributed by atoms with Gasteiger partial charge >= 0.3 is 0 Å². The van der Waals surface area contributed by atoms with E-state index < -0.39 is 0 Å². The van der Waals surface area contributed by atoms with E-state index in [0.717, 1.165) is 16.1 Å². The van der Waals surface area contributed by atoms with Gasteiger partial charge in [0.05, 0.1) is 32.8 Å². The summed E-state index contributed by atoms with van der Waals surface area (Å²) in [5.74, 6) is 1.53. The summed E-state index contributed by atoms with van der Waals surface area (Å²) in [4.78, 5) is 27.3. The molecule has 1 N–H and O–H groups in total. The third-order valence-corrected chi connectivity index (χ3v) is 5.37. The number of carbonyl (C=O) groups is 2. The Bertz CT molecular complexity index is 862. The zero-order valence-electron chi connectivity index (χ0n) is 16.0. The van der Waals surface area contributed by atoms with E-state index in [-0.39, 0.29) is 24.9 Å². The normalized spacial score (nSPS) is 13.0. The number of benzene rings is 2. The number of hydrogen-bond acceptors (Lipinski definition) is 6. The molecule has 0 saturated heterocycles. The highest BCUT2D eigenvalue weighted by atomic mass is 32.2. The monoisotopic (exact) mass is 402 g/mol. The molecular formula is C20H22N2O5S. The first-order chi connectivity index (χ1) is 13.6. The molecule has 0 radical (unpaired) electrons. The van der Waals surface area contributed by atoms with Crippen LogP contribution in [0.4, 0.5) is 5.69 Å². The van der Waals surface area contributed by atoms with Crippen LogP contribution >= 0.6 is 11.8 Å². The summed E-state index contributed by atoms with van der Waals surface area (Å²) < 4.78 is 16.0. The van der Waals surface area contributed by atoms with Crippen LogP contribution < -0.4 is 24.4 Å². The van der Waals surface area contributed by atoms with E-state index in [1.165, 1.54) is 38.0 Å². The minimum Gasteiger partial charge on any atom is -0.493 e. The standard InChI is InChI=1S/C20H22N2O5S/c1-25-15-8-13(9-16(26-2)20(15)27-3)10-21-18(23)11-22-14-6-4-5-7-17(14)28-12-19(22)24/h4-9H,10-12H2,1-3H3,(H,21,23). The maximum Gasteiger partial charge on any atom is 0.240 e. The predicted molar refractivity (Wildman–Crippen MR) is 107 cm³/mol. The number of rotatable bonds is 7. The molecule has 8 heteroatoms. The second-order valence-corrected chi connectivity index (χ2v) is 7.06. The summed E-state index contributed by atoms with van der Waals surface area (Å²) >= 11 is 1.49. The summed E-state index contributed by atoms with van der Waals surface area (Å²) in [6.45, 7) is 0.245. The van der Waals surface area contributed by atoms with Crippen LogP contribution in [0, 0.1) is 0 Å². The van der Waals surface area contributed by atoms with Gasteiger partial charge < -0.3 is 24.4 Å².